The summed E-state index contributed by atoms with van der Waals surface area (Å²) in [6.45, 7) is 0.382. The molecule has 2 aliphatic heterocycles. The molecule has 0 bridgehead atoms. The number of rotatable bonds is 5. The van der Waals surface area contributed by atoms with Crippen molar-refractivity contribution >= 4 is 11.9 Å². The van der Waals surface area contributed by atoms with Crippen molar-refractivity contribution in [1.82, 2.24) is 10.2 Å². The zero-order valence-electron chi connectivity index (χ0n) is 16.9. The van der Waals surface area contributed by atoms with Gasteiger partial charge in [-0.25, -0.2) is 4.79 Å². The van der Waals surface area contributed by atoms with Crippen LogP contribution in [0, 0.1) is 0 Å². The molecular formula is C25H22N2O4. The van der Waals surface area contributed by atoms with Gasteiger partial charge in [-0.2, -0.15) is 0 Å². The minimum atomic E-state index is -1.16. The highest BCUT2D eigenvalue weighted by Crippen LogP contribution is 2.35. The molecule has 0 aromatic heterocycles. The van der Waals surface area contributed by atoms with Gasteiger partial charge in [0.2, 0.25) is 0 Å². The Balaban J connectivity index is 1.43. The lowest BCUT2D eigenvalue weighted by molar-refractivity contribution is -0.132. The van der Waals surface area contributed by atoms with E-state index in [1.165, 1.54) is 4.90 Å². The lowest BCUT2D eigenvalue weighted by Crippen LogP contribution is -2.47. The predicted molar refractivity (Wildman–Crippen MR) is 115 cm³/mol. The van der Waals surface area contributed by atoms with E-state index >= 15 is 0 Å². The molecule has 0 unspecified atom stereocenters. The summed E-state index contributed by atoms with van der Waals surface area (Å²) in [4.78, 5) is 27.9. The molecule has 1 fully saturated rings. The summed E-state index contributed by atoms with van der Waals surface area (Å²) in [7, 11) is 0. The van der Waals surface area contributed by atoms with Gasteiger partial charge in [0.25, 0.3) is 5.91 Å². The molecule has 6 heteroatoms. The van der Waals surface area contributed by atoms with E-state index in [2.05, 4.69) is 5.32 Å². The highest BCUT2D eigenvalue weighted by molar-refractivity contribution is 6.07. The molecule has 1 N–H and O–H groups in total. The topological polar surface area (TPSA) is 67.9 Å². The number of imide groups is 1. The second kappa shape index (κ2) is 7.80. The molecule has 0 spiro atoms. The first-order valence-corrected chi connectivity index (χ1v) is 10.3. The maximum absolute atomic E-state index is 13.7. The molecule has 3 aromatic carbocycles. The molecule has 156 valence electrons. The van der Waals surface area contributed by atoms with E-state index in [1.807, 2.05) is 84.9 Å². The standard InChI is InChI=1S/C25H22N2O4/c28-23-25(19-11-5-2-6-12-19,15-18-9-3-1-4-10-18)26-24(29)27(23)16-20-17-30-21-13-7-8-14-22(21)31-20/h1-14,20H,15-17H2,(H,26,29)/t20-,25-/m1/s1. The van der Waals surface area contributed by atoms with E-state index in [0.29, 0.717) is 17.9 Å². The molecule has 0 aliphatic carbocycles. The minimum Gasteiger partial charge on any atom is -0.486 e. The van der Waals surface area contributed by atoms with E-state index in [4.69, 9.17) is 9.47 Å². The first-order valence-electron chi connectivity index (χ1n) is 10.3. The van der Waals surface area contributed by atoms with Crippen molar-refractivity contribution in [3.63, 3.8) is 0 Å². The minimum absolute atomic E-state index is 0.113. The molecule has 6 nitrogen and oxygen atoms in total. The van der Waals surface area contributed by atoms with Crippen LogP contribution in [0.1, 0.15) is 11.1 Å². The van der Waals surface area contributed by atoms with Gasteiger partial charge in [0.15, 0.2) is 23.1 Å². The van der Waals surface area contributed by atoms with Gasteiger partial charge < -0.3 is 14.8 Å². The monoisotopic (exact) mass is 414 g/mol. The molecule has 3 aromatic rings. The zero-order chi connectivity index (χ0) is 21.3. The summed E-state index contributed by atoms with van der Waals surface area (Å²) in [5, 5.41) is 2.98. The lowest BCUT2D eigenvalue weighted by atomic mass is 9.83. The van der Waals surface area contributed by atoms with Crippen molar-refractivity contribution in [1.29, 1.82) is 0 Å². The highest BCUT2D eigenvalue weighted by atomic mass is 16.6. The molecule has 0 radical (unpaired) electrons. The van der Waals surface area contributed by atoms with E-state index in [1.54, 1.807) is 0 Å². The lowest BCUT2D eigenvalue weighted by Gasteiger charge is -2.30. The van der Waals surface area contributed by atoms with Gasteiger partial charge in [-0.15, -0.1) is 0 Å². The van der Waals surface area contributed by atoms with Gasteiger partial charge in [-0.05, 0) is 23.3 Å². The fourth-order valence-electron chi connectivity index (χ4n) is 4.19. The van der Waals surface area contributed by atoms with Crippen LogP contribution in [-0.2, 0) is 16.8 Å². The fraction of sp³-hybridized carbons (Fsp3) is 0.200. The Hall–Kier alpha value is -3.80. The van der Waals surface area contributed by atoms with Crippen LogP contribution in [0.15, 0.2) is 84.9 Å². The van der Waals surface area contributed by atoms with E-state index in [-0.39, 0.29) is 19.1 Å². The number of ether oxygens (including phenoxy) is 2. The van der Waals surface area contributed by atoms with Gasteiger partial charge >= 0.3 is 6.03 Å². The first-order chi connectivity index (χ1) is 15.2. The number of nitrogens with one attached hydrogen (secondary N) is 1. The molecular weight excluding hydrogens is 392 g/mol. The predicted octanol–water partition coefficient (Wildman–Crippen LogP) is 3.52. The number of carbonyl (C=O) groups excluding carboxylic acids is 2. The smallest absolute Gasteiger partial charge is 0.325 e. The Morgan fingerprint density at radius 1 is 0.871 bits per heavy atom. The molecule has 2 aliphatic rings. The highest BCUT2D eigenvalue weighted by Gasteiger charge is 2.53. The second-order valence-corrected chi connectivity index (χ2v) is 7.78. The molecule has 3 amide bonds. The molecule has 2 atom stereocenters. The van der Waals surface area contributed by atoms with E-state index in [9.17, 15) is 9.59 Å². The number of fused-ring (bicyclic) bond motifs is 1. The fourth-order valence-corrected chi connectivity index (χ4v) is 4.19. The average molecular weight is 414 g/mol. The van der Waals surface area contributed by atoms with Crippen molar-refractivity contribution in [3.05, 3.63) is 96.1 Å². The van der Waals surface area contributed by atoms with Crippen LogP contribution in [0.4, 0.5) is 4.79 Å². The third kappa shape index (κ3) is 3.50. The summed E-state index contributed by atoms with van der Waals surface area (Å²) in [6, 6.07) is 26.1. The Labute approximate surface area is 180 Å². The Morgan fingerprint density at radius 3 is 2.26 bits per heavy atom. The molecule has 5 rings (SSSR count). The average Bonchev–Trinajstić information content (AvgIpc) is 3.05. The van der Waals surface area contributed by atoms with Crippen molar-refractivity contribution in [3.8, 4) is 11.5 Å². The van der Waals surface area contributed by atoms with Crippen LogP contribution < -0.4 is 14.8 Å². The normalized spacial score (nSPS) is 22.3. The zero-order valence-corrected chi connectivity index (χ0v) is 16.9. The summed E-state index contributed by atoms with van der Waals surface area (Å²) in [5.74, 6) is 0.998. The number of nitrogens with zero attached hydrogens (tertiary/aromatic N) is 1. The molecule has 2 heterocycles. The van der Waals surface area contributed by atoms with Crippen LogP contribution in [-0.4, -0.2) is 36.1 Å². The van der Waals surface area contributed by atoms with Crippen LogP contribution in [0.5, 0.6) is 11.5 Å². The number of amides is 3. The Kier molecular flexibility index (Phi) is 4.82. The number of benzene rings is 3. The number of hydrogen-bond donors (Lipinski definition) is 1. The molecule has 1 saturated heterocycles. The summed E-state index contributed by atoms with van der Waals surface area (Å²) < 4.78 is 11.7. The van der Waals surface area contributed by atoms with Crippen LogP contribution in [0.25, 0.3) is 0 Å². The molecule has 0 saturated carbocycles. The Morgan fingerprint density at radius 2 is 1.52 bits per heavy atom. The van der Waals surface area contributed by atoms with Gasteiger partial charge in [-0.1, -0.05) is 72.8 Å². The molecule has 31 heavy (non-hydrogen) atoms. The summed E-state index contributed by atoms with van der Waals surface area (Å²) in [5.41, 5.74) is 0.562. The van der Waals surface area contributed by atoms with Crippen LogP contribution >= 0.6 is 0 Å². The van der Waals surface area contributed by atoms with E-state index in [0.717, 1.165) is 11.1 Å². The Bertz CT molecular complexity index is 1100. The van der Waals surface area contributed by atoms with Gasteiger partial charge in [0, 0.05) is 6.42 Å². The van der Waals surface area contributed by atoms with Gasteiger partial charge in [0.05, 0.1) is 6.54 Å². The number of urea groups is 1. The van der Waals surface area contributed by atoms with Gasteiger partial charge in [-0.3, -0.25) is 9.69 Å². The summed E-state index contributed by atoms with van der Waals surface area (Å²) >= 11 is 0. The largest absolute Gasteiger partial charge is 0.486 e. The van der Waals surface area contributed by atoms with Crippen molar-refractivity contribution < 1.29 is 19.1 Å². The maximum Gasteiger partial charge on any atom is 0.325 e. The quantitative estimate of drug-likeness (QED) is 0.649. The maximum atomic E-state index is 13.7. The van der Waals surface area contributed by atoms with Crippen LogP contribution in [0.2, 0.25) is 0 Å². The third-order valence-corrected chi connectivity index (χ3v) is 5.71. The SMILES string of the molecule is O=C1N[C@](Cc2ccccc2)(c2ccccc2)C(=O)N1C[C@@H]1COc2ccccc2O1. The first kappa shape index (κ1) is 19.2. The van der Waals surface area contributed by atoms with Crippen molar-refractivity contribution in [2.24, 2.45) is 0 Å². The van der Waals surface area contributed by atoms with E-state index < -0.39 is 17.7 Å². The number of hydrogen-bond acceptors (Lipinski definition) is 4. The van der Waals surface area contributed by atoms with Crippen molar-refractivity contribution in [2.75, 3.05) is 13.2 Å². The second-order valence-electron chi connectivity index (χ2n) is 7.78. The summed E-state index contributed by atoms with van der Waals surface area (Å²) in [6.07, 6.45) is -0.0723. The number of para-hydroxylation sites is 2. The number of carbonyl (C=O) groups is 2. The van der Waals surface area contributed by atoms with Crippen LogP contribution in [0.3, 0.4) is 0 Å². The third-order valence-electron chi connectivity index (χ3n) is 5.71. The van der Waals surface area contributed by atoms with Gasteiger partial charge in [0.1, 0.15) is 6.61 Å². The van der Waals surface area contributed by atoms with Crippen molar-refractivity contribution in [2.45, 2.75) is 18.1 Å².